The van der Waals surface area contributed by atoms with Crippen LogP contribution >= 0.6 is 0 Å². The van der Waals surface area contributed by atoms with Gasteiger partial charge in [-0.25, -0.2) is 14.2 Å². The number of aliphatic imine (C=N–C) groups is 1. The van der Waals surface area contributed by atoms with Crippen LogP contribution in [0, 0.1) is 5.82 Å². The number of nitrogens with zero attached hydrogens (tertiary/aromatic N) is 1. The van der Waals surface area contributed by atoms with E-state index >= 15 is 0 Å². The van der Waals surface area contributed by atoms with Crippen molar-refractivity contribution in [3.05, 3.63) is 65.1 Å². The quantitative estimate of drug-likeness (QED) is 0.639. The first-order valence-electron chi connectivity index (χ1n) is 7.12. The molecule has 6 heteroatoms. The predicted octanol–water partition coefficient (Wildman–Crippen LogP) is 3.19. The standard InChI is InChI=1S/C18H14FNO4/c1-22-15-8-7-11(10-16(15)23-2)9-14-18(21)24-17(20-14)12-5-3-4-6-13(12)19/h3-10H,1-2H3/b14-9-. The molecule has 0 N–H and O–H groups in total. The molecule has 2 aromatic carbocycles. The molecule has 1 aliphatic heterocycles. The van der Waals surface area contributed by atoms with Crippen molar-refractivity contribution in [3.63, 3.8) is 0 Å². The Morgan fingerprint density at radius 2 is 1.83 bits per heavy atom. The Balaban J connectivity index is 1.96. The largest absolute Gasteiger partial charge is 0.493 e. The van der Waals surface area contributed by atoms with Gasteiger partial charge in [0.05, 0.1) is 19.8 Å². The van der Waals surface area contributed by atoms with E-state index in [1.165, 1.54) is 32.4 Å². The van der Waals surface area contributed by atoms with Crippen LogP contribution in [0.2, 0.25) is 0 Å². The zero-order chi connectivity index (χ0) is 17.1. The lowest BCUT2D eigenvalue weighted by molar-refractivity contribution is -0.129. The summed E-state index contributed by atoms with van der Waals surface area (Å²) in [7, 11) is 3.06. The van der Waals surface area contributed by atoms with Crippen molar-refractivity contribution in [2.45, 2.75) is 0 Å². The third-order valence-electron chi connectivity index (χ3n) is 3.44. The van der Waals surface area contributed by atoms with Crippen molar-refractivity contribution in [1.82, 2.24) is 0 Å². The maximum atomic E-state index is 13.8. The third-order valence-corrected chi connectivity index (χ3v) is 3.44. The summed E-state index contributed by atoms with van der Waals surface area (Å²) in [5, 5.41) is 0. The molecule has 2 aromatic rings. The van der Waals surface area contributed by atoms with Crippen LogP contribution in [-0.2, 0) is 9.53 Å². The summed E-state index contributed by atoms with van der Waals surface area (Å²) >= 11 is 0. The van der Waals surface area contributed by atoms with E-state index < -0.39 is 11.8 Å². The molecule has 0 saturated carbocycles. The number of cyclic esters (lactones) is 1. The summed E-state index contributed by atoms with van der Waals surface area (Å²) in [6, 6.07) is 11.1. The Morgan fingerprint density at radius 1 is 1.08 bits per heavy atom. The van der Waals surface area contributed by atoms with Gasteiger partial charge in [-0.2, -0.15) is 0 Å². The fraction of sp³-hybridized carbons (Fsp3) is 0.111. The molecule has 0 radical (unpaired) electrons. The summed E-state index contributed by atoms with van der Waals surface area (Å²) in [4.78, 5) is 16.1. The lowest BCUT2D eigenvalue weighted by Gasteiger charge is -2.07. The number of esters is 1. The van der Waals surface area contributed by atoms with Crippen molar-refractivity contribution in [2.75, 3.05) is 14.2 Å². The van der Waals surface area contributed by atoms with Crippen LogP contribution in [0.1, 0.15) is 11.1 Å². The van der Waals surface area contributed by atoms with Gasteiger partial charge < -0.3 is 14.2 Å². The SMILES string of the molecule is COc1ccc(/C=C2\N=C(c3ccccc3F)OC2=O)cc1OC. The van der Waals surface area contributed by atoms with E-state index in [4.69, 9.17) is 14.2 Å². The zero-order valence-corrected chi connectivity index (χ0v) is 13.1. The van der Waals surface area contributed by atoms with Gasteiger partial charge >= 0.3 is 5.97 Å². The minimum absolute atomic E-state index is 0.0511. The fourth-order valence-corrected chi connectivity index (χ4v) is 2.26. The van der Waals surface area contributed by atoms with Gasteiger partial charge in [0, 0.05) is 0 Å². The number of benzene rings is 2. The number of carbonyl (C=O) groups is 1. The lowest BCUT2D eigenvalue weighted by Crippen LogP contribution is -2.07. The molecular weight excluding hydrogens is 313 g/mol. The first-order valence-corrected chi connectivity index (χ1v) is 7.12. The maximum Gasteiger partial charge on any atom is 0.363 e. The van der Waals surface area contributed by atoms with E-state index in [0.717, 1.165) is 0 Å². The molecule has 24 heavy (non-hydrogen) atoms. The molecule has 0 atom stereocenters. The monoisotopic (exact) mass is 327 g/mol. The molecule has 0 aliphatic carbocycles. The number of hydrogen-bond acceptors (Lipinski definition) is 5. The average molecular weight is 327 g/mol. The first-order chi connectivity index (χ1) is 11.6. The summed E-state index contributed by atoms with van der Waals surface area (Å²) in [6.07, 6.45) is 1.54. The van der Waals surface area contributed by atoms with Gasteiger partial charge in [0.1, 0.15) is 5.82 Å². The average Bonchev–Trinajstić information content (AvgIpc) is 2.95. The van der Waals surface area contributed by atoms with Gasteiger partial charge in [-0.3, -0.25) is 0 Å². The Hall–Kier alpha value is -3.15. The third kappa shape index (κ3) is 2.99. The summed E-state index contributed by atoms with van der Waals surface area (Å²) in [6.45, 7) is 0. The van der Waals surface area contributed by atoms with Crippen molar-refractivity contribution in [2.24, 2.45) is 4.99 Å². The Labute approximate surface area is 138 Å². The Morgan fingerprint density at radius 3 is 2.54 bits per heavy atom. The van der Waals surface area contributed by atoms with Gasteiger partial charge in [0.2, 0.25) is 5.90 Å². The summed E-state index contributed by atoms with van der Waals surface area (Å²) in [5.74, 6) is -0.0926. The molecule has 1 aliphatic rings. The first kappa shape index (κ1) is 15.7. The molecule has 1 heterocycles. The molecule has 122 valence electrons. The van der Waals surface area contributed by atoms with E-state index in [2.05, 4.69) is 4.99 Å². The second-order valence-electron chi connectivity index (χ2n) is 4.93. The van der Waals surface area contributed by atoms with Crippen LogP contribution < -0.4 is 9.47 Å². The van der Waals surface area contributed by atoms with Crippen molar-refractivity contribution in [3.8, 4) is 11.5 Å². The number of halogens is 1. The molecule has 0 aromatic heterocycles. The highest BCUT2D eigenvalue weighted by molar-refractivity contribution is 6.12. The van der Waals surface area contributed by atoms with E-state index in [1.54, 1.807) is 30.3 Å². The number of rotatable bonds is 4. The van der Waals surface area contributed by atoms with Gasteiger partial charge in [0.25, 0.3) is 0 Å². The summed E-state index contributed by atoms with van der Waals surface area (Å²) < 4.78 is 29.2. The van der Waals surface area contributed by atoms with Crippen LogP contribution in [0.4, 0.5) is 4.39 Å². The second-order valence-corrected chi connectivity index (χ2v) is 4.93. The smallest absolute Gasteiger partial charge is 0.363 e. The topological polar surface area (TPSA) is 57.1 Å². The van der Waals surface area contributed by atoms with Gasteiger partial charge in [-0.15, -0.1) is 0 Å². The van der Waals surface area contributed by atoms with Gasteiger partial charge in [0.15, 0.2) is 17.2 Å². The van der Waals surface area contributed by atoms with Crippen molar-refractivity contribution < 1.29 is 23.4 Å². The molecule has 0 spiro atoms. The Bertz CT molecular complexity index is 858. The highest BCUT2D eigenvalue weighted by Gasteiger charge is 2.25. The minimum Gasteiger partial charge on any atom is -0.493 e. The molecule has 0 unspecified atom stereocenters. The van der Waals surface area contributed by atoms with Gasteiger partial charge in [-0.05, 0) is 35.9 Å². The zero-order valence-electron chi connectivity index (χ0n) is 13.1. The maximum absolute atomic E-state index is 13.8. The molecule has 0 amide bonds. The molecule has 0 saturated heterocycles. The molecular formula is C18H14FNO4. The normalized spacial score (nSPS) is 15.2. The minimum atomic E-state index is -0.636. The molecule has 0 fully saturated rings. The number of methoxy groups -OCH3 is 2. The van der Waals surface area contributed by atoms with Gasteiger partial charge in [-0.1, -0.05) is 18.2 Å². The van der Waals surface area contributed by atoms with Crippen LogP contribution in [-0.4, -0.2) is 26.1 Å². The Kier molecular flexibility index (Phi) is 4.29. The van der Waals surface area contributed by atoms with Crippen LogP contribution in [0.5, 0.6) is 11.5 Å². The fourth-order valence-electron chi connectivity index (χ4n) is 2.26. The number of carbonyl (C=O) groups excluding carboxylic acids is 1. The van der Waals surface area contributed by atoms with Crippen LogP contribution in [0.25, 0.3) is 6.08 Å². The second kappa shape index (κ2) is 6.54. The highest BCUT2D eigenvalue weighted by Crippen LogP contribution is 2.29. The molecule has 3 rings (SSSR count). The van der Waals surface area contributed by atoms with E-state index in [-0.39, 0.29) is 17.2 Å². The number of ether oxygens (including phenoxy) is 3. The number of hydrogen-bond donors (Lipinski definition) is 0. The van der Waals surface area contributed by atoms with E-state index in [0.29, 0.717) is 17.1 Å². The van der Waals surface area contributed by atoms with Crippen molar-refractivity contribution in [1.29, 1.82) is 0 Å². The molecule has 0 bridgehead atoms. The lowest BCUT2D eigenvalue weighted by atomic mass is 10.1. The predicted molar refractivity (Wildman–Crippen MR) is 86.6 cm³/mol. The highest BCUT2D eigenvalue weighted by atomic mass is 19.1. The summed E-state index contributed by atoms with van der Waals surface area (Å²) in [5.41, 5.74) is 0.903. The van der Waals surface area contributed by atoms with E-state index in [1.807, 2.05) is 0 Å². The van der Waals surface area contributed by atoms with Crippen molar-refractivity contribution >= 4 is 17.9 Å². The molecule has 5 nitrogen and oxygen atoms in total. The van der Waals surface area contributed by atoms with Crippen LogP contribution in [0.15, 0.2) is 53.2 Å². The van der Waals surface area contributed by atoms with Crippen LogP contribution in [0.3, 0.4) is 0 Å². The van der Waals surface area contributed by atoms with E-state index in [9.17, 15) is 9.18 Å².